The van der Waals surface area contributed by atoms with Gasteiger partial charge >= 0.3 is 5.97 Å². The van der Waals surface area contributed by atoms with Crippen LogP contribution in [0.2, 0.25) is 5.02 Å². The average Bonchev–Trinajstić information content (AvgIpc) is 3.06. The van der Waals surface area contributed by atoms with Crippen LogP contribution >= 0.6 is 11.6 Å². The second kappa shape index (κ2) is 8.18. The standard InChI is InChI=1S/C19H16ClFN4O3/c1-3-28-19(27)12-5-4-6-13(9-12)22-18(26)17-11(2)25(24-23-17)14-7-8-16(21)15(20)10-14/h4-10H,3H2,1-2H3,(H,22,26). The number of anilines is 1. The van der Waals surface area contributed by atoms with E-state index in [0.29, 0.717) is 22.6 Å². The van der Waals surface area contributed by atoms with Crippen LogP contribution in [0.25, 0.3) is 5.69 Å². The summed E-state index contributed by atoms with van der Waals surface area (Å²) in [6, 6.07) is 10.4. The van der Waals surface area contributed by atoms with Crippen molar-refractivity contribution in [3.05, 3.63) is 70.3 Å². The van der Waals surface area contributed by atoms with Crippen LogP contribution in [0.3, 0.4) is 0 Å². The molecule has 7 nitrogen and oxygen atoms in total. The van der Waals surface area contributed by atoms with Crippen molar-refractivity contribution < 1.29 is 18.7 Å². The van der Waals surface area contributed by atoms with E-state index in [1.165, 1.54) is 28.9 Å². The molecule has 1 amide bonds. The number of ether oxygens (including phenoxy) is 1. The summed E-state index contributed by atoms with van der Waals surface area (Å²) in [4.78, 5) is 24.4. The SMILES string of the molecule is CCOC(=O)c1cccc(NC(=O)c2nnn(-c3ccc(F)c(Cl)c3)c2C)c1. The number of carbonyl (C=O) groups excluding carboxylic acids is 2. The molecule has 0 radical (unpaired) electrons. The van der Waals surface area contributed by atoms with Crippen LogP contribution in [0.1, 0.15) is 33.5 Å². The quantitative estimate of drug-likeness (QED) is 0.656. The molecule has 2 aromatic carbocycles. The molecule has 0 fully saturated rings. The molecule has 0 saturated heterocycles. The van der Waals surface area contributed by atoms with Gasteiger partial charge in [-0.05, 0) is 50.2 Å². The predicted molar refractivity (Wildman–Crippen MR) is 101 cm³/mol. The van der Waals surface area contributed by atoms with Crippen molar-refractivity contribution in [1.29, 1.82) is 0 Å². The summed E-state index contributed by atoms with van der Waals surface area (Å²) in [6.45, 7) is 3.62. The molecule has 0 aliphatic rings. The molecule has 0 aliphatic carbocycles. The molecule has 9 heteroatoms. The topological polar surface area (TPSA) is 86.1 Å². The Bertz CT molecular complexity index is 1050. The summed E-state index contributed by atoms with van der Waals surface area (Å²) >= 11 is 5.80. The zero-order valence-corrected chi connectivity index (χ0v) is 15.8. The van der Waals surface area contributed by atoms with E-state index in [-0.39, 0.29) is 17.3 Å². The van der Waals surface area contributed by atoms with Gasteiger partial charge in [-0.25, -0.2) is 13.9 Å². The minimum absolute atomic E-state index is 0.0609. The number of nitrogens with zero attached hydrogens (tertiary/aromatic N) is 3. The second-order valence-corrected chi connectivity index (χ2v) is 6.20. The van der Waals surface area contributed by atoms with Crippen molar-refractivity contribution >= 4 is 29.2 Å². The normalized spacial score (nSPS) is 10.6. The molecular formula is C19H16ClFN4O3. The Kier molecular flexibility index (Phi) is 5.70. The van der Waals surface area contributed by atoms with Crippen LogP contribution in [-0.2, 0) is 4.74 Å². The fraction of sp³-hybridized carbons (Fsp3) is 0.158. The largest absolute Gasteiger partial charge is 0.462 e. The van der Waals surface area contributed by atoms with Gasteiger partial charge in [0, 0.05) is 5.69 Å². The van der Waals surface area contributed by atoms with Gasteiger partial charge in [0.05, 0.1) is 28.6 Å². The zero-order chi connectivity index (χ0) is 20.3. The molecule has 0 spiro atoms. The molecule has 0 atom stereocenters. The van der Waals surface area contributed by atoms with E-state index in [0.717, 1.165) is 0 Å². The van der Waals surface area contributed by atoms with Gasteiger partial charge in [-0.3, -0.25) is 4.79 Å². The minimum Gasteiger partial charge on any atom is -0.462 e. The van der Waals surface area contributed by atoms with Gasteiger partial charge in [-0.15, -0.1) is 5.10 Å². The number of nitrogens with one attached hydrogen (secondary N) is 1. The summed E-state index contributed by atoms with van der Waals surface area (Å²) in [5.74, 6) is -1.53. The molecule has 0 unspecified atom stereocenters. The predicted octanol–water partition coefficient (Wildman–Crippen LogP) is 3.80. The molecule has 144 valence electrons. The third-order valence-electron chi connectivity index (χ3n) is 3.89. The second-order valence-electron chi connectivity index (χ2n) is 5.79. The average molecular weight is 403 g/mol. The van der Waals surface area contributed by atoms with Crippen LogP contribution in [0.4, 0.5) is 10.1 Å². The summed E-state index contributed by atoms with van der Waals surface area (Å²) in [6.07, 6.45) is 0. The molecule has 0 aliphatic heterocycles. The van der Waals surface area contributed by atoms with Crippen LogP contribution in [0.15, 0.2) is 42.5 Å². The first-order valence-electron chi connectivity index (χ1n) is 8.37. The zero-order valence-electron chi connectivity index (χ0n) is 15.1. The number of esters is 1. The lowest BCUT2D eigenvalue weighted by Gasteiger charge is -2.07. The summed E-state index contributed by atoms with van der Waals surface area (Å²) in [5, 5.41) is 10.5. The van der Waals surface area contributed by atoms with E-state index in [1.54, 1.807) is 32.0 Å². The van der Waals surface area contributed by atoms with Crippen LogP contribution in [0.5, 0.6) is 0 Å². The number of hydrogen-bond donors (Lipinski definition) is 1. The monoisotopic (exact) mass is 402 g/mol. The molecule has 1 heterocycles. The molecular weight excluding hydrogens is 387 g/mol. The summed E-state index contributed by atoms with van der Waals surface area (Å²) < 4.78 is 19.7. The van der Waals surface area contributed by atoms with E-state index in [4.69, 9.17) is 16.3 Å². The lowest BCUT2D eigenvalue weighted by Crippen LogP contribution is -2.15. The first kappa shape index (κ1) is 19.5. The molecule has 28 heavy (non-hydrogen) atoms. The Morgan fingerprint density at radius 2 is 2.04 bits per heavy atom. The highest BCUT2D eigenvalue weighted by Gasteiger charge is 2.18. The van der Waals surface area contributed by atoms with Crippen molar-refractivity contribution in [2.45, 2.75) is 13.8 Å². The summed E-state index contributed by atoms with van der Waals surface area (Å²) in [5.41, 5.74) is 1.73. The fourth-order valence-corrected chi connectivity index (χ4v) is 2.70. The van der Waals surface area contributed by atoms with Crippen LogP contribution in [0, 0.1) is 12.7 Å². The van der Waals surface area contributed by atoms with E-state index in [2.05, 4.69) is 15.6 Å². The smallest absolute Gasteiger partial charge is 0.338 e. The fourth-order valence-electron chi connectivity index (χ4n) is 2.53. The Balaban J connectivity index is 1.82. The highest BCUT2D eigenvalue weighted by molar-refractivity contribution is 6.30. The van der Waals surface area contributed by atoms with Crippen molar-refractivity contribution in [2.75, 3.05) is 11.9 Å². The van der Waals surface area contributed by atoms with Gasteiger partial charge in [0.1, 0.15) is 5.82 Å². The lowest BCUT2D eigenvalue weighted by molar-refractivity contribution is 0.0526. The van der Waals surface area contributed by atoms with Crippen molar-refractivity contribution in [1.82, 2.24) is 15.0 Å². The van der Waals surface area contributed by atoms with E-state index in [9.17, 15) is 14.0 Å². The Morgan fingerprint density at radius 3 is 2.75 bits per heavy atom. The Hall–Kier alpha value is -3.26. The summed E-state index contributed by atoms with van der Waals surface area (Å²) in [7, 11) is 0. The van der Waals surface area contributed by atoms with E-state index < -0.39 is 17.7 Å². The molecule has 3 rings (SSSR count). The van der Waals surface area contributed by atoms with E-state index in [1.807, 2.05) is 0 Å². The molecule has 1 aromatic heterocycles. The van der Waals surface area contributed by atoms with Gasteiger partial charge in [-0.1, -0.05) is 22.9 Å². The number of amides is 1. The third-order valence-corrected chi connectivity index (χ3v) is 4.18. The van der Waals surface area contributed by atoms with Gasteiger partial charge in [0.25, 0.3) is 5.91 Å². The lowest BCUT2D eigenvalue weighted by atomic mass is 10.2. The Labute approximate surface area is 165 Å². The number of benzene rings is 2. The first-order chi connectivity index (χ1) is 13.4. The third kappa shape index (κ3) is 4.01. The van der Waals surface area contributed by atoms with Crippen molar-refractivity contribution in [3.63, 3.8) is 0 Å². The van der Waals surface area contributed by atoms with Gasteiger partial charge < -0.3 is 10.1 Å². The maximum atomic E-state index is 13.4. The highest BCUT2D eigenvalue weighted by atomic mass is 35.5. The number of hydrogen-bond acceptors (Lipinski definition) is 5. The van der Waals surface area contributed by atoms with Gasteiger partial charge in [-0.2, -0.15) is 0 Å². The highest BCUT2D eigenvalue weighted by Crippen LogP contribution is 2.20. The molecule has 0 saturated carbocycles. The molecule has 0 bridgehead atoms. The number of aromatic nitrogens is 3. The van der Waals surface area contributed by atoms with Crippen molar-refractivity contribution in [3.8, 4) is 5.69 Å². The van der Waals surface area contributed by atoms with Crippen LogP contribution < -0.4 is 5.32 Å². The Morgan fingerprint density at radius 1 is 1.25 bits per heavy atom. The van der Waals surface area contributed by atoms with Gasteiger partial charge in [0.15, 0.2) is 5.69 Å². The van der Waals surface area contributed by atoms with Crippen molar-refractivity contribution in [2.24, 2.45) is 0 Å². The maximum absolute atomic E-state index is 13.4. The number of halogens is 2. The molecule has 3 aromatic rings. The van der Waals surface area contributed by atoms with E-state index >= 15 is 0 Å². The number of rotatable bonds is 5. The minimum atomic E-state index is -0.553. The first-order valence-corrected chi connectivity index (χ1v) is 8.74. The van der Waals surface area contributed by atoms with Gasteiger partial charge in [0.2, 0.25) is 0 Å². The maximum Gasteiger partial charge on any atom is 0.338 e. The van der Waals surface area contributed by atoms with Crippen LogP contribution in [-0.4, -0.2) is 33.5 Å². The molecule has 1 N–H and O–H groups in total. The number of carbonyl (C=O) groups is 2.